The summed E-state index contributed by atoms with van der Waals surface area (Å²) in [7, 11) is 0. The van der Waals surface area contributed by atoms with Crippen molar-refractivity contribution in [2.24, 2.45) is 5.84 Å². The van der Waals surface area contributed by atoms with Crippen LogP contribution in [0.25, 0.3) is 0 Å². The summed E-state index contributed by atoms with van der Waals surface area (Å²) >= 11 is 0. The summed E-state index contributed by atoms with van der Waals surface area (Å²) in [4.78, 5) is 11.1. The third-order valence-corrected chi connectivity index (χ3v) is 2.38. The first-order valence-electron chi connectivity index (χ1n) is 5.45. The Morgan fingerprint density at radius 1 is 1.53 bits per heavy atom. The molecule has 0 aliphatic heterocycles. The number of nitrogen functional groups attached to an aromatic ring is 1. The van der Waals surface area contributed by atoms with Crippen molar-refractivity contribution in [3.63, 3.8) is 0 Å². The quantitative estimate of drug-likeness (QED) is 0.494. The van der Waals surface area contributed by atoms with Gasteiger partial charge >= 0.3 is 0 Å². The average molecular weight is 265 g/mol. The summed E-state index contributed by atoms with van der Waals surface area (Å²) in [6.45, 7) is 1.79. The molecule has 0 saturated heterocycles. The Morgan fingerprint density at radius 3 is 3.05 bits per heavy atom. The molecule has 0 fully saturated rings. The van der Waals surface area contributed by atoms with Gasteiger partial charge in [0.25, 0.3) is 5.91 Å². The van der Waals surface area contributed by atoms with E-state index in [0.717, 1.165) is 5.56 Å². The zero-order valence-corrected chi connectivity index (χ0v) is 10.1. The highest BCUT2D eigenvalue weighted by Crippen LogP contribution is 2.19. The van der Waals surface area contributed by atoms with E-state index < -0.39 is 11.7 Å². The monoisotopic (exact) mass is 265 g/mol. The highest BCUT2D eigenvalue weighted by Gasteiger charge is 2.12. The van der Waals surface area contributed by atoms with Crippen LogP contribution < -0.4 is 16.0 Å². The van der Waals surface area contributed by atoms with Crippen molar-refractivity contribution in [3.05, 3.63) is 47.1 Å². The zero-order chi connectivity index (χ0) is 13.8. The van der Waals surface area contributed by atoms with E-state index in [9.17, 15) is 9.18 Å². The van der Waals surface area contributed by atoms with Gasteiger partial charge in [-0.1, -0.05) is 11.2 Å². The molecular formula is C12H12FN3O3. The van der Waals surface area contributed by atoms with Crippen molar-refractivity contribution in [3.8, 4) is 5.75 Å². The van der Waals surface area contributed by atoms with Crippen LogP contribution in [-0.2, 0) is 6.61 Å². The Bertz CT molecular complexity index is 598. The molecule has 0 aliphatic rings. The number of nitrogens with one attached hydrogen (secondary N) is 1. The van der Waals surface area contributed by atoms with Crippen LogP contribution in [0.5, 0.6) is 5.75 Å². The number of ether oxygens (including phenoxy) is 1. The maximum Gasteiger partial charge on any atom is 0.287 e. The molecule has 0 unspecified atom stereocenters. The third kappa shape index (κ3) is 3.08. The molecule has 0 radical (unpaired) electrons. The number of amides is 1. The Hall–Kier alpha value is -2.41. The van der Waals surface area contributed by atoms with Crippen molar-refractivity contribution in [2.45, 2.75) is 13.5 Å². The van der Waals surface area contributed by atoms with Crippen LogP contribution in [0, 0.1) is 12.7 Å². The number of nitrogens with zero attached hydrogens (tertiary/aromatic N) is 1. The van der Waals surface area contributed by atoms with Crippen LogP contribution in [0.2, 0.25) is 0 Å². The average Bonchev–Trinajstić information content (AvgIpc) is 2.88. The number of halogens is 1. The fourth-order valence-electron chi connectivity index (χ4n) is 1.43. The molecule has 0 aliphatic carbocycles. The summed E-state index contributed by atoms with van der Waals surface area (Å²) in [6.07, 6.45) is 0. The smallest absolute Gasteiger partial charge is 0.287 e. The topological polar surface area (TPSA) is 90.4 Å². The van der Waals surface area contributed by atoms with Crippen LogP contribution >= 0.6 is 0 Å². The molecule has 0 atom stereocenters. The minimum absolute atomic E-state index is 0.0332. The van der Waals surface area contributed by atoms with E-state index >= 15 is 0 Å². The van der Waals surface area contributed by atoms with Crippen LogP contribution in [0.4, 0.5) is 4.39 Å². The van der Waals surface area contributed by atoms with Crippen LogP contribution in [0.1, 0.15) is 21.8 Å². The van der Waals surface area contributed by atoms with Crippen molar-refractivity contribution >= 4 is 5.91 Å². The number of rotatable bonds is 4. The largest absolute Gasteiger partial charge is 0.482 e. The van der Waals surface area contributed by atoms with Gasteiger partial charge in [0.2, 0.25) is 0 Å². The normalized spacial score (nSPS) is 10.3. The second-order valence-electron chi connectivity index (χ2n) is 3.87. The summed E-state index contributed by atoms with van der Waals surface area (Å²) in [6, 6.07) is 5.90. The first-order valence-corrected chi connectivity index (χ1v) is 5.45. The molecule has 100 valence electrons. The predicted molar refractivity (Wildman–Crippen MR) is 63.6 cm³/mol. The van der Waals surface area contributed by atoms with E-state index in [-0.39, 0.29) is 18.1 Å². The number of hydrazine groups is 1. The van der Waals surface area contributed by atoms with Crippen molar-refractivity contribution < 1.29 is 18.4 Å². The minimum atomic E-state index is -0.572. The first-order chi connectivity index (χ1) is 9.10. The maximum atomic E-state index is 13.4. The van der Waals surface area contributed by atoms with Crippen molar-refractivity contribution in [1.29, 1.82) is 0 Å². The lowest BCUT2D eigenvalue weighted by molar-refractivity contribution is 0.0944. The molecule has 2 rings (SSSR count). The number of carbonyl (C=O) groups is 1. The first kappa shape index (κ1) is 13.0. The fraction of sp³-hybridized carbons (Fsp3) is 0.167. The molecule has 3 N–H and O–H groups in total. The van der Waals surface area contributed by atoms with Gasteiger partial charge in [0.1, 0.15) is 6.61 Å². The summed E-state index contributed by atoms with van der Waals surface area (Å²) < 4.78 is 23.5. The Balaban J connectivity index is 2.04. The fourth-order valence-corrected chi connectivity index (χ4v) is 1.43. The van der Waals surface area contributed by atoms with Crippen molar-refractivity contribution in [2.75, 3.05) is 0 Å². The van der Waals surface area contributed by atoms with E-state index in [1.54, 1.807) is 12.1 Å². The van der Waals surface area contributed by atoms with Gasteiger partial charge in [-0.25, -0.2) is 10.2 Å². The molecule has 1 aromatic carbocycles. The molecule has 2 aromatic rings. The standard InChI is InChI=1S/C12H12FN3O3/c1-7-2-3-9(13)11(4-7)18-6-8-5-10(16-19-8)12(17)15-14/h2-5H,6,14H2,1H3,(H,15,17). The zero-order valence-electron chi connectivity index (χ0n) is 10.1. The van der Waals surface area contributed by atoms with Gasteiger partial charge < -0.3 is 9.26 Å². The molecule has 1 heterocycles. The third-order valence-electron chi connectivity index (χ3n) is 2.38. The second-order valence-corrected chi connectivity index (χ2v) is 3.87. The van der Waals surface area contributed by atoms with Gasteiger partial charge in [0, 0.05) is 6.07 Å². The predicted octanol–water partition coefficient (Wildman–Crippen LogP) is 1.30. The lowest BCUT2D eigenvalue weighted by atomic mass is 10.2. The molecule has 1 amide bonds. The molecule has 7 heteroatoms. The summed E-state index contributed by atoms with van der Waals surface area (Å²) in [5.74, 6) is 4.32. The Morgan fingerprint density at radius 2 is 2.32 bits per heavy atom. The number of hydrogen-bond acceptors (Lipinski definition) is 5. The number of aromatic nitrogens is 1. The van der Waals surface area contributed by atoms with Crippen LogP contribution in [0.3, 0.4) is 0 Å². The number of benzene rings is 1. The SMILES string of the molecule is Cc1ccc(F)c(OCc2cc(C(=O)NN)no2)c1. The number of carbonyl (C=O) groups excluding carboxylic acids is 1. The Labute approximate surface area is 108 Å². The summed E-state index contributed by atoms with van der Waals surface area (Å²) in [5, 5.41) is 3.50. The minimum Gasteiger partial charge on any atom is -0.482 e. The summed E-state index contributed by atoms with van der Waals surface area (Å²) in [5.41, 5.74) is 2.83. The van der Waals surface area contributed by atoms with Gasteiger partial charge in [-0.15, -0.1) is 0 Å². The lowest BCUT2D eigenvalue weighted by Crippen LogP contribution is -2.30. The molecule has 0 saturated carbocycles. The molecule has 6 nitrogen and oxygen atoms in total. The van der Waals surface area contributed by atoms with E-state index in [1.165, 1.54) is 12.1 Å². The molecular weight excluding hydrogens is 253 g/mol. The molecule has 19 heavy (non-hydrogen) atoms. The molecule has 0 bridgehead atoms. The molecule has 1 aromatic heterocycles. The van der Waals surface area contributed by atoms with Crippen LogP contribution in [0.15, 0.2) is 28.8 Å². The van der Waals surface area contributed by atoms with E-state index in [4.69, 9.17) is 15.1 Å². The van der Waals surface area contributed by atoms with E-state index in [0.29, 0.717) is 5.76 Å². The highest BCUT2D eigenvalue weighted by atomic mass is 19.1. The van der Waals surface area contributed by atoms with Gasteiger partial charge in [-0.3, -0.25) is 10.2 Å². The van der Waals surface area contributed by atoms with Gasteiger partial charge in [0.15, 0.2) is 23.0 Å². The lowest BCUT2D eigenvalue weighted by Gasteiger charge is -2.05. The number of aryl methyl sites for hydroxylation is 1. The van der Waals surface area contributed by atoms with E-state index in [1.807, 2.05) is 12.3 Å². The second kappa shape index (κ2) is 5.49. The van der Waals surface area contributed by atoms with Gasteiger partial charge in [-0.05, 0) is 24.6 Å². The van der Waals surface area contributed by atoms with Crippen molar-refractivity contribution in [1.82, 2.24) is 10.6 Å². The van der Waals surface area contributed by atoms with E-state index in [2.05, 4.69) is 5.16 Å². The number of hydrogen-bond donors (Lipinski definition) is 2. The molecule has 0 spiro atoms. The maximum absolute atomic E-state index is 13.4. The Kier molecular flexibility index (Phi) is 3.76. The highest BCUT2D eigenvalue weighted by molar-refractivity contribution is 5.91. The number of nitrogens with two attached hydrogens (primary N) is 1. The van der Waals surface area contributed by atoms with Crippen LogP contribution in [-0.4, -0.2) is 11.1 Å². The van der Waals surface area contributed by atoms with Gasteiger partial charge in [0.05, 0.1) is 0 Å². The van der Waals surface area contributed by atoms with Gasteiger partial charge in [-0.2, -0.15) is 0 Å².